The van der Waals surface area contributed by atoms with Gasteiger partial charge in [0, 0.05) is 22.0 Å². The van der Waals surface area contributed by atoms with Crippen molar-refractivity contribution in [1.29, 1.82) is 0 Å². The first-order valence-electron chi connectivity index (χ1n) is 9.15. The molecule has 0 aliphatic rings. The van der Waals surface area contributed by atoms with Crippen LogP contribution in [0, 0.1) is 0 Å². The molecule has 2 aromatic carbocycles. The van der Waals surface area contributed by atoms with E-state index in [9.17, 15) is 23.1 Å². The van der Waals surface area contributed by atoms with Crippen LogP contribution in [0.25, 0.3) is 0 Å². The van der Waals surface area contributed by atoms with Gasteiger partial charge in [-0.05, 0) is 47.3 Å². The van der Waals surface area contributed by atoms with Crippen molar-refractivity contribution in [3.63, 3.8) is 0 Å². The van der Waals surface area contributed by atoms with Crippen molar-refractivity contribution in [1.82, 2.24) is 10.0 Å². The normalized spacial score (nSPS) is 12.3. The Bertz CT molecular complexity index is 1160. The maximum absolute atomic E-state index is 12.8. The van der Waals surface area contributed by atoms with Crippen LogP contribution in [0.1, 0.15) is 33.3 Å². The molecule has 0 bridgehead atoms. The average molecular weight is 479 g/mol. The maximum Gasteiger partial charge on any atom is 0.305 e. The topological polar surface area (TPSA) is 113 Å². The first-order chi connectivity index (χ1) is 14.7. The number of carbonyl (C=O) groups excluding carboxylic acids is 1. The van der Waals surface area contributed by atoms with E-state index in [0.29, 0.717) is 10.6 Å². The molecule has 31 heavy (non-hydrogen) atoms. The van der Waals surface area contributed by atoms with Gasteiger partial charge in [0.15, 0.2) is 0 Å². The zero-order chi connectivity index (χ0) is 22.4. The number of thiophene rings is 1. The Labute approximate surface area is 188 Å². The molecule has 1 aromatic heterocycles. The molecule has 0 radical (unpaired) electrons. The lowest BCUT2D eigenvalue weighted by Crippen LogP contribution is -2.30. The van der Waals surface area contributed by atoms with Crippen molar-refractivity contribution in [3.05, 3.63) is 87.1 Å². The zero-order valence-electron chi connectivity index (χ0n) is 16.1. The highest BCUT2D eigenvalue weighted by molar-refractivity contribution is 7.89. The number of halogens is 1. The van der Waals surface area contributed by atoms with E-state index < -0.39 is 27.9 Å². The van der Waals surface area contributed by atoms with Gasteiger partial charge in [0.2, 0.25) is 10.0 Å². The minimum Gasteiger partial charge on any atom is -0.481 e. The van der Waals surface area contributed by atoms with Crippen molar-refractivity contribution in [2.75, 3.05) is 0 Å². The molecule has 0 spiro atoms. The van der Waals surface area contributed by atoms with E-state index in [0.717, 1.165) is 4.88 Å². The number of carboxylic acid groups (broad SMARTS) is 1. The number of hydrogen-bond donors (Lipinski definition) is 3. The molecular weight excluding hydrogens is 460 g/mol. The largest absolute Gasteiger partial charge is 0.481 e. The number of carboxylic acids is 1. The van der Waals surface area contributed by atoms with Gasteiger partial charge in [0.1, 0.15) is 0 Å². The predicted octanol–water partition coefficient (Wildman–Crippen LogP) is 3.83. The van der Waals surface area contributed by atoms with E-state index in [1.807, 2.05) is 17.5 Å². The number of carbonyl (C=O) groups is 2. The van der Waals surface area contributed by atoms with Crippen molar-refractivity contribution >= 4 is 44.8 Å². The number of sulfonamides is 1. The van der Waals surface area contributed by atoms with Crippen molar-refractivity contribution in [2.45, 2.75) is 23.9 Å². The number of nitrogens with one attached hydrogen (secondary N) is 2. The smallest absolute Gasteiger partial charge is 0.305 e. The van der Waals surface area contributed by atoms with Crippen LogP contribution in [-0.4, -0.2) is 25.4 Å². The van der Waals surface area contributed by atoms with Crippen LogP contribution in [0.15, 0.2) is 70.9 Å². The van der Waals surface area contributed by atoms with Gasteiger partial charge >= 0.3 is 5.97 Å². The number of hydrogen-bond acceptors (Lipinski definition) is 5. The van der Waals surface area contributed by atoms with E-state index in [2.05, 4.69) is 10.0 Å². The fourth-order valence-electron chi connectivity index (χ4n) is 2.83. The third kappa shape index (κ3) is 6.38. The summed E-state index contributed by atoms with van der Waals surface area (Å²) >= 11 is 7.31. The highest BCUT2D eigenvalue weighted by Crippen LogP contribution is 2.21. The van der Waals surface area contributed by atoms with E-state index in [1.165, 1.54) is 35.6 Å². The highest BCUT2D eigenvalue weighted by Gasteiger charge is 2.21. The van der Waals surface area contributed by atoms with Gasteiger partial charge < -0.3 is 10.4 Å². The fraction of sp³-hybridized carbons (Fsp3) is 0.143. The predicted molar refractivity (Wildman–Crippen MR) is 119 cm³/mol. The molecule has 0 aliphatic heterocycles. The second kappa shape index (κ2) is 10.1. The van der Waals surface area contributed by atoms with Crippen LogP contribution >= 0.6 is 22.9 Å². The Morgan fingerprint density at radius 3 is 2.45 bits per heavy atom. The summed E-state index contributed by atoms with van der Waals surface area (Å²) < 4.78 is 27.7. The number of aliphatic carboxylic acids is 1. The van der Waals surface area contributed by atoms with Crippen LogP contribution in [0.3, 0.4) is 0 Å². The second-order valence-corrected chi connectivity index (χ2v) is 9.84. The molecule has 1 atom stereocenters. The van der Waals surface area contributed by atoms with E-state index in [1.54, 1.807) is 24.3 Å². The lowest BCUT2D eigenvalue weighted by molar-refractivity contribution is -0.137. The lowest BCUT2D eigenvalue weighted by Gasteiger charge is -2.18. The summed E-state index contributed by atoms with van der Waals surface area (Å²) in [5.41, 5.74) is 0.671. The first-order valence-corrected chi connectivity index (χ1v) is 11.9. The molecule has 3 rings (SSSR count). The van der Waals surface area contributed by atoms with Gasteiger partial charge in [-0.25, -0.2) is 13.1 Å². The molecule has 1 amide bonds. The summed E-state index contributed by atoms with van der Waals surface area (Å²) in [7, 11) is -3.83. The van der Waals surface area contributed by atoms with Crippen LogP contribution in [0.4, 0.5) is 0 Å². The molecule has 0 fully saturated rings. The van der Waals surface area contributed by atoms with Gasteiger partial charge in [0.05, 0.1) is 17.4 Å². The van der Waals surface area contributed by atoms with Gasteiger partial charge in [-0.1, -0.05) is 35.9 Å². The third-order valence-corrected chi connectivity index (χ3v) is 6.91. The Morgan fingerprint density at radius 2 is 1.81 bits per heavy atom. The van der Waals surface area contributed by atoms with E-state index in [-0.39, 0.29) is 23.4 Å². The van der Waals surface area contributed by atoms with Crippen LogP contribution in [0.5, 0.6) is 0 Å². The van der Waals surface area contributed by atoms with E-state index >= 15 is 0 Å². The van der Waals surface area contributed by atoms with Crippen LogP contribution in [-0.2, 0) is 21.4 Å². The Kier molecular flexibility index (Phi) is 7.45. The summed E-state index contributed by atoms with van der Waals surface area (Å²) in [6, 6.07) is 14.9. The van der Waals surface area contributed by atoms with Crippen molar-refractivity contribution in [2.24, 2.45) is 0 Å². The van der Waals surface area contributed by atoms with Gasteiger partial charge in [-0.3, -0.25) is 9.59 Å². The second-order valence-electron chi connectivity index (χ2n) is 6.61. The molecule has 3 aromatic rings. The number of benzene rings is 2. The Morgan fingerprint density at radius 1 is 1.06 bits per heavy atom. The summed E-state index contributed by atoms with van der Waals surface area (Å²) in [5.74, 6) is -1.68. The Balaban J connectivity index is 1.77. The molecule has 1 heterocycles. The zero-order valence-corrected chi connectivity index (χ0v) is 18.5. The van der Waals surface area contributed by atoms with Gasteiger partial charge in [0.25, 0.3) is 5.91 Å². The number of rotatable bonds is 9. The third-order valence-electron chi connectivity index (χ3n) is 4.38. The fourth-order valence-corrected chi connectivity index (χ4v) is 4.74. The van der Waals surface area contributed by atoms with Crippen LogP contribution in [0.2, 0.25) is 5.02 Å². The van der Waals surface area contributed by atoms with Crippen LogP contribution < -0.4 is 10.0 Å². The summed E-state index contributed by atoms with van der Waals surface area (Å²) in [6.07, 6.45) is -0.340. The molecular formula is C21H19ClN2O5S2. The molecule has 3 N–H and O–H groups in total. The quantitative estimate of drug-likeness (QED) is 0.432. The lowest BCUT2D eigenvalue weighted by atomic mass is 10.0. The number of amides is 1. The maximum atomic E-state index is 12.8. The SMILES string of the molecule is O=C(O)CC(NC(=O)c1cccc(S(=O)(=O)NCc2cccs2)c1)c1ccc(Cl)cc1. The minimum absolute atomic E-state index is 0.0574. The van der Waals surface area contributed by atoms with Gasteiger partial charge in [-0.15, -0.1) is 11.3 Å². The standard InChI is InChI=1S/C21H19ClN2O5S2/c22-16-8-6-14(7-9-16)19(12-20(25)26)24-21(27)15-3-1-5-18(11-15)31(28,29)23-13-17-4-2-10-30-17/h1-11,19,23H,12-13H2,(H,24,27)(H,25,26). The summed E-state index contributed by atoms with van der Waals surface area (Å²) in [4.78, 5) is 24.8. The molecule has 0 saturated heterocycles. The molecule has 0 aliphatic carbocycles. The summed E-state index contributed by atoms with van der Waals surface area (Å²) in [6.45, 7) is 0.147. The molecule has 10 heteroatoms. The Hall–Kier alpha value is -2.72. The van der Waals surface area contributed by atoms with Gasteiger partial charge in [-0.2, -0.15) is 0 Å². The first kappa shape index (κ1) is 23.0. The molecule has 0 saturated carbocycles. The monoisotopic (exact) mass is 478 g/mol. The molecule has 1 unspecified atom stereocenters. The minimum atomic E-state index is -3.83. The highest BCUT2D eigenvalue weighted by atomic mass is 35.5. The summed E-state index contributed by atoms with van der Waals surface area (Å²) in [5, 5.41) is 14.2. The average Bonchev–Trinajstić information content (AvgIpc) is 3.26. The van der Waals surface area contributed by atoms with Crippen molar-refractivity contribution in [3.8, 4) is 0 Å². The van der Waals surface area contributed by atoms with Crippen molar-refractivity contribution < 1.29 is 23.1 Å². The molecule has 7 nitrogen and oxygen atoms in total. The molecule has 162 valence electrons. The van der Waals surface area contributed by atoms with E-state index in [4.69, 9.17) is 11.6 Å².